The molecule has 0 saturated carbocycles. The Morgan fingerprint density at radius 3 is 2.52 bits per heavy atom. The number of carbonyl (C=O) groups excluding carboxylic acids is 3. The zero-order valence-corrected chi connectivity index (χ0v) is 34.0. The number of esters is 1. The van der Waals surface area contributed by atoms with Crippen LogP contribution in [0.1, 0.15) is 73.3 Å². The van der Waals surface area contributed by atoms with Gasteiger partial charge in [-0.25, -0.2) is 4.79 Å². The van der Waals surface area contributed by atoms with Crippen molar-refractivity contribution in [3.63, 3.8) is 0 Å². The van der Waals surface area contributed by atoms with Crippen molar-refractivity contribution in [2.75, 3.05) is 33.8 Å². The Balaban J connectivity index is 1.41. The van der Waals surface area contributed by atoms with Crippen LogP contribution >= 0.6 is 0 Å². The molecule has 14 nitrogen and oxygen atoms in total. The lowest BCUT2D eigenvalue weighted by Gasteiger charge is -2.45. The fraction of sp³-hybridized carbons (Fsp3) is 0.667. The smallest absolute Gasteiger partial charge is 0.410 e. The summed E-state index contributed by atoms with van der Waals surface area (Å²) in [6.45, 7) is 14.0. The van der Waals surface area contributed by atoms with Crippen LogP contribution in [0.4, 0.5) is 4.79 Å². The second-order valence-corrected chi connectivity index (χ2v) is 16.2. The summed E-state index contributed by atoms with van der Waals surface area (Å²) in [7, 11) is 3.80. The van der Waals surface area contributed by atoms with Gasteiger partial charge in [-0.1, -0.05) is 52.5 Å². The Labute approximate surface area is 329 Å². The van der Waals surface area contributed by atoms with Crippen LogP contribution in [0.2, 0.25) is 0 Å². The van der Waals surface area contributed by atoms with Crippen LogP contribution in [0.25, 0.3) is 11.0 Å². The predicted molar refractivity (Wildman–Crippen MR) is 208 cm³/mol. The fourth-order valence-corrected chi connectivity index (χ4v) is 9.40. The van der Waals surface area contributed by atoms with Gasteiger partial charge >= 0.3 is 12.1 Å². The Bertz CT molecular complexity index is 1860. The van der Waals surface area contributed by atoms with Crippen LogP contribution in [0.15, 0.2) is 35.6 Å². The first-order chi connectivity index (χ1) is 26.7. The van der Waals surface area contributed by atoms with E-state index >= 15 is 0 Å². The average molecular weight is 776 g/mol. The minimum absolute atomic E-state index is 0.0219. The van der Waals surface area contributed by atoms with Crippen molar-refractivity contribution >= 4 is 34.6 Å². The van der Waals surface area contributed by atoms with Crippen molar-refractivity contribution in [3.8, 4) is 11.8 Å². The topological polar surface area (TPSA) is 162 Å². The average Bonchev–Trinajstić information content (AvgIpc) is 3.29. The zero-order chi connectivity index (χ0) is 40.5. The number of ketones is 1. The molecule has 3 fully saturated rings. The number of hydrogen-bond donors (Lipinski definition) is 1. The van der Waals surface area contributed by atoms with Crippen LogP contribution in [0.5, 0.6) is 0 Å². The molecule has 1 aromatic carbocycles. The van der Waals surface area contributed by atoms with E-state index < -0.39 is 78.5 Å². The van der Waals surface area contributed by atoms with E-state index in [1.54, 1.807) is 24.2 Å². The minimum atomic E-state index is -1.21. The molecule has 1 unspecified atom stereocenters. The molecule has 0 aliphatic carbocycles. The van der Waals surface area contributed by atoms with Gasteiger partial charge in [-0.3, -0.25) is 29.4 Å². The molecule has 6 rings (SSSR count). The number of Topliss-reactive ketones (excluding diaryl/α,β-unsaturated/α-hetero) is 1. The van der Waals surface area contributed by atoms with Crippen LogP contribution in [0.3, 0.4) is 0 Å². The summed E-state index contributed by atoms with van der Waals surface area (Å²) in [5, 5.41) is 11.5. The lowest BCUT2D eigenvalue weighted by Crippen LogP contribution is -2.58. The number of aliphatic hydroxyl groups is 1. The van der Waals surface area contributed by atoms with Crippen LogP contribution in [-0.4, -0.2) is 137 Å². The number of amides is 1. The molecule has 1 amide bonds. The first-order valence-corrected chi connectivity index (χ1v) is 19.9. The van der Waals surface area contributed by atoms with Crippen LogP contribution < -0.4 is 0 Å². The Morgan fingerprint density at radius 2 is 1.79 bits per heavy atom. The maximum atomic E-state index is 14.1. The molecule has 2 bridgehead atoms. The fourth-order valence-electron chi connectivity index (χ4n) is 9.40. The largest absolute Gasteiger partial charge is 0.458 e. The van der Waals surface area contributed by atoms with Crippen molar-refractivity contribution in [1.82, 2.24) is 19.8 Å². The number of carbonyl (C=O) groups is 3. The monoisotopic (exact) mass is 775 g/mol. The SMILES string of the molecule is CC[C@H]1OC(=O)CC(=O)[C@H](C)[C@@H](O[C@@H]2O[C@H](C)C[C@H](N(C)C)[C@H]2O)[C@@H](C)[C@@H](OCC#Cc2cccc3nccnc23)[C@@H](C)C2=NCCN3C(=O)O[C@@]1(C)C3[C@H]2C. The molecule has 14 heteroatoms. The first-order valence-electron chi connectivity index (χ1n) is 19.9. The summed E-state index contributed by atoms with van der Waals surface area (Å²) in [6, 6.07) is 4.88. The standard InChI is InChI=1S/C42H57N5O9/c1-10-32-42(7)39-26(5)34(45-18-19-47(39)41(51)56-42)25(4)37(52-20-12-14-28-13-11-15-29-35(28)44-17-16-43-29)27(6)38(24(3)31(48)22-33(49)54-32)55-40-36(50)30(46(8)9)21-23(2)53-40/h11,13,15-17,23-27,30,32,36-40,50H,10,18-22H2,1-9H3/t23-,24+,25+,26+,27+,30+,32-,36-,37+,38-,39?,40+,42-/m1/s1. The molecule has 4 aliphatic rings. The summed E-state index contributed by atoms with van der Waals surface area (Å²) in [5.74, 6) is 3.20. The van der Waals surface area contributed by atoms with Crippen LogP contribution in [-0.2, 0) is 33.3 Å². The number of aromatic nitrogens is 2. The van der Waals surface area contributed by atoms with Crippen molar-refractivity contribution in [2.45, 2.75) is 122 Å². The molecular weight excluding hydrogens is 718 g/mol. The molecule has 13 atom stereocenters. The zero-order valence-electron chi connectivity index (χ0n) is 34.0. The van der Waals surface area contributed by atoms with E-state index in [2.05, 4.69) is 21.8 Å². The molecule has 304 valence electrons. The number of likely N-dealkylation sites (N-methyl/N-ethyl adjacent to an activating group) is 1. The number of ether oxygens (including phenoxy) is 5. The first kappa shape index (κ1) is 41.6. The maximum Gasteiger partial charge on any atom is 0.410 e. The predicted octanol–water partition coefficient (Wildman–Crippen LogP) is 4.05. The van der Waals surface area contributed by atoms with Gasteiger partial charge in [0.1, 0.15) is 36.5 Å². The summed E-state index contributed by atoms with van der Waals surface area (Å²) >= 11 is 0. The number of fused-ring (bicyclic) bond motifs is 2. The van der Waals surface area contributed by atoms with E-state index in [-0.39, 0.29) is 30.6 Å². The van der Waals surface area contributed by atoms with E-state index in [1.165, 1.54) is 0 Å². The van der Waals surface area contributed by atoms with E-state index in [1.807, 2.05) is 78.7 Å². The molecule has 3 saturated heterocycles. The second-order valence-electron chi connectivity index (χ2n) is 16.2. The van der Waals surface area contributed by atoms with Crippen molar-refractivity contribution in [3.05, 3.63) is 36.2 Å². The highest BCUT2D eigenvalue weighted by Gasteiger charge is 2.60. The molecule has 0 spiro atoms. The molecular formula is C42H57N5O9. The minimum Gasteiger partial charge on any atom is -0.458 e. The third-order valence-electron chi connectivity index (χ3n) is 12.3. The number of aliphatic hydroxyl groups excluding tert-OH is 1. The van der Waals surface area contributed by atoms with Crippen LogP contribution in [0, 0.1) is 35.5 Å². The van der Waals surface area contributed by atoms with Crippen molar-refractivity contribution in [2.24, 2.45) is 28.7 Å². The van der Waals surface area contributed by atoms with Gasteiger partial charge in [0.15, 0.2) is 11.9 Å². The summed E-state index contributed by atoms with van der Waals surface area (Å²) in [4.78, 5) is 58.8. The number of hydrogen-bond acceptors (Lipinski definition) is 13. The van der Waals surface area contributed by atoms with Crippen molar-refractivity contribution < 1.29 is 43.2 Å². The number of cyclic esters (lactones) is 1. The van der Waals surface area contributed by atoms with Gasteiger partial charge in [0, 0.05) is 54.4 Å². The van der Waals surface area contributed by atoms with Gasteiger partial charge in [-0.15, -0.1) is 0 Å². The molecule has 5 heterocycles. The second kappa shape index (κ2) is 17.2. The van der Waals surface area contributed by atoms with E-state index in [4.69, 9.17) is 28.7 Å². The van der Waals surface area contributed by atoms with Gasteiger partial charge in [-0.05, 0) is 52.9 Å². The number of rotatable bonds is 6. The number of para-hydroxylation sites is 1. The molecule has 4 aliphatic heterocycles. The van der Waals surface area contributed by atoms with E-state index in [0.717, 1.165) is 11.2 Å². The molecule has 56 heavy (non-hydrogen) atoms. The highest BCUT2D eigenvalue weighted by atomic mass is 16.7. The highest BCUT2D eigenvalue weighted by molar-refractivity contribution is 5.97. The third-order valence-corrected chi connectivity index (χ3v) is 12.3. The molecule has 1 N–H and O–H groups in total. The van der Waals surface area contributed by atoms with Gasteiger partial charge in [0.25, 0.3) is 0 Å². The van der Waals surface area contributed by atoms with Gasteiger partial charge in [-0.2, -0.15) is 0 Å². The number of nitrogens with zero attached hydrogens (tertiary/aromatic N) is 5. The summed E-state index contributed by atoms with van der Waals surface area (Å²) in [5.41, 5.74) is 1.73. The van der Waals surface area contributed by atoms with Gasteiger partial charge < -0.3 is 33.7 Å². The van der Waals surface area contributed by atoms with Gasteiger partial charge in [0.2, 0.25) is 0 Å². The lowest BCUT2D eigenvalue weighted by molar-refractivity contribution is -0.281. The van der Waals surface area contributed by atoms with E-state index in [9.17, 15) is 19.5 Å². The van der Waals surface area contributed by atoms with Crippen molar-refractivity contribution in [1.29, 1.82) is 0 Å². The number of benzene rings is 1. The number of aliphatic imine (C=N–C) groups is 1. The molecule has 1 aromatic heterocycles. The summed E-state index contributed by atoms with van der Waals surface area (Å²) in [6.07, 6.45) is -1.41. The quantitative estimate of drug-likeness (QED) is 0.255. The maximum absolute atomic E-state index is 14.1. The normalized spacial score (nSPS) is 36.9. The summed E-state index contributed by atoms with van der Waals surface area (Å²) < 4.78 is 31.9. The molecule has 0 radical (unpaired) electrons. The van der Waals surface area contributed by atoms with E-state index in [0.29, 0.717) is 37.0 Å². The highest BCUT2D eigenvalue weighted by Crippen LogP contribution is 2.43. The Morgan fingerprint density at radius 1 is 1.04 bits per heavy atom. The Kier molecular flexibility index (Phi) is 12.8. The Hall–Kier alpha value is -4.00. The third kappa shape index (κ3) is 8.20. The lowest BCUT2D eigenvalue weighted by atomic mass is 9.73. The molecule has 2 aromatic rings. The van der Waals surface area contributed by atoms with Gasteiger partial charge in [0.05, 0.1) is 42.0 Å².